The van der Waals surface area contributed by atoms with E-state index >= 15 is 0 Å². The monoisotopic (exact) mass is 344 g/mol. The molecule has 0 spiro atoms. The molecule has 0 saturated heterocycles. The first kappa shape index (κ1) is 18.6. The normalized spacial score (nSPS) is 11.7. The fourth-order valence-corrected chi connectivity index (χ4v) is 2.77. The van der Waals surface area contributed by atoms with Crippen LogP contribution in [0.3, 0.4) is 0 Å². The average molecular weight is 344 g/mol. The first-order valence-electron chi connectivity index (χ1n) is 8.05. The van der Waals surface area contributed by atoms with Gasteiger partial charge in [0.05, 0.1) is 20.3 Å². The van der Waals surface area contributed by atoms with Gasteiger partial charge in [0, 0.05) is 23.5 Å². The average Bonchev–Trinajstić information content (AvgIpc) is 2.57. The Bertz CT molecular complexity index is 800. The molecular formula is C19H24N2O4. The van der Waals surface area contributed by atoms with E-state index in [2.05, 4.69) is 5.32 Å². The van der Waals surface area contributed by atoms with Crippen molar-refractivity contribution in [1.82, 2.24) is 9.88 Å². The number of nitrogens with zero attached hydrogens (tertiary/aromatic N) is 1. The van der Waals surface area contributed by atoms with E-state index in [0.29, 0.717) is 11.5 Å². The van der Waals surface area contributed by atoms with Gasteiger partial charge in [-0.05, 0) is 38.5 Å². The summed E-state index contributed by atoms with van der Waals surface area (Å²) in [6.07, 6.45) is 0. The molecule has 134 valence electrons. The fraction of sp³-hybridized carbons (Fsp3) is 0.368. The third-order valence-corrected chi connectivity index (χ3v) is 4.14. The maximum Gasteiger partial charge on any atom is 0.240 e. The first-order valence-corrected chi connectivity index (χ1v) is 8.05. The fourth-order valence-electron chi connectivity index (χ4n) is 2.77. The highest BCUT2D eigenvalue weighted by Gasteiger charge is 2.14. The number of pyridine rings is 1. The van der Waals surface area contributed by atoms with Gasteiger partial charge in [0.25, 0.3) is 0 Å². The molecule has 6 nitrogen and oxygen atoms in total. The number of methoxy groups -OCH3 is 2. The highest BCUT2D eigenvalue weighted by molar-refractivity contribution is 5.76. The number of carbonyl (C=O) groups excluding carboxylic acids is 1. The van der Waals surface area contributed by atoms with Gasteiger partial charge in [0.2, 0.25) is 5.91 Å². The number of hydrogen-bond acceptors (Lipinski definition) is 4. The molecule has 6 heteroatoms. The molecule has 1 aromatic heterocycles. The minimum Gasteiger partial charge on any atom is -0.493 e. The summed E-state index contributed by atoms with van der Waals surface area (Å²) >= 11 is 0. The zero-order chi connectivity index (χ0) is 18.6. The molecule has 0 aliphatic carbocycles. The lowest BCUT2D eigenvalue weighted by Gasteiger charge is -2.19. The number of benzene rings is 1. The number of amides is 1. The molecule has 1 heterocycles. The highest BCUT2D eigenvalue weighted by atomic mass is 16.5. The van der Waals surface area contributed by atoms with Crippen LogP contribution in [0.25, 0.3) is 0 Å². The Labute approximate surface area is 147 Å². The van der Waals surface area contributed by atoms with Crippen LogP contribution in [0.15, 0.2) is 35.1 Å². The predicted octanol–water partition coefficient (Wildman–Crippen LogP) is 2.36. The molecule has 0 fully saturated rings. The van der Waals surface area contributed by atoms with Crippen molar-refractivity contribution < 1.29 is 14.3 Å². The van der Waals surface area contributed by atoms with E-state index < -0.39 is 0 Å². The van der Waals surface area contributed by atoms with Crippen LogP contribution in [0.4, 0.5) is 0 Å². The summed E-state index contributed by atoms with van der Waals surface area (Å²) in [6.45, 7) is 5.71. The summed E-state index contributed by atoms with van der Waals surface area (Å²) in [4.78, 5) is 23.9. The van der Waals surface area contributed by atoms with Gasteiger partial charge in [-0.2, -0.15) is 0 Å². The molecule has 1 aromatic carbocycles. The highest BCUT2D eigenvalue weighted by Crippen LogP contribution is 2.29. The molecule has 1 amide bonds. The van der Waals surface area contributed by atoms with Crippen LogP contribution >= 0.6 is 0 Å². The molecule has 2 rings (SSSR count). The lowest BCUT2D eigenvalue weighted by Crippen LogP contribution is -2.31. The molecule has 0 saturated carbocycles. The second-order valence-corrected chi connectivity index (χ2v) is 5.96. The topological polar surface area (TPSA) is 69.6 Å². The van der Waals surface area contributed by atoms with Gasteiger partial charge in [0.1, 0.15) is 6.54 Å². The quantitative estimate of drug-likeness (QED) is 0.873. The number of rotatable bonds is 6. The van der Waals surface area contributed by atoms with E-state index in [-0.39, 0.29) is 23.9 Å². The third kappa shape index (κ3) is 4.41. The number of ether oxygens (including phenoxy) is 2. The van der Waals surface area contributed by atoms with Crippen LogP contribution in [0.5, 0.6) is 11.5 Å². The van der Waals surface area contributed by atoms with Gasteiger partial charge in [-0.3, -0.25) is 9.59 Å². The Hall–Kier alpha value is -2.76. The summed E-state index contributed by atoms with van der Waals surface area (Å²) in [6, 6.07) is 8.41. The number of nitrogens with one attached hydrogen (secondary N) is 1. The van der Waals surface area contributed by atoms with Crippen LogP contribution in [0.1, 0.15) is 29.9 Å². The van der Waals surface area contributed by atoms with Crippen molar-refractivity contribution in [1.29, 1.82) is 0 Å². The number of aryl methyl sites for hydroxylation is 2. The summed E-state index contributed by atoms with van der Waals surface area (Å²) in [7, 11) is 3.16. The van der Waals surface area contributed by atoms with Gasteiger partial charge in [-0.1, -0.05) is 6.07 Å². The zero-order valence-electron chi connectivity index (χ0n) is 15.3. The number of carbonyl (C=O) groups is 1. The number of aromatic nitrogens is 1. The van der Waals surface area contributed by atoms with E-state index in [1.165, 1.54) is 12.1 Å². The molecule has 2 aromatic rings. The van der Waals surface area contributed by atoms with E-state index in [4.69, 9.17) is 9.47 Å². The Morgan fingerprint density at radius 1 is 1.08 bits per heavy atom. The van der Waals surface area contributed by atoms with Crippen LogP contribution in [0, 0.1) is 13.8 Å². The predicted molar refractivity (Wildman–Crippen MR) is 96.3 cm³/mol. The molecular weight excluding hydrogens is 320 g/mol. The van der Waals surface area contributed by atoms with Crippen LogP contribution in [-0.4, -0.2) is 24.7 Å². The minimum atomic E-state index is -0.188. The number of hydrogen-bond donors (Lipinski definition) is 1. The van der Waals surface area contributed by atoms with Crippen molar-refractivity contribution >= 4 is 5.91 Å². The molecule has 0 aliphatic rings. The van der Waals surface area contributed by atoms with E-state index in [1.54, 1.807) is 14.2 Å². The zero-order valence-corrected chi connectivity index (χ0v) is 15.3. The van der Waals surface area contributed by atoms with Gasteiger partial charge < -0.3 is 19.4 Å². The van der Waals surface area contributed by atoms with Gasteiger partial charge >= 0.3 is 0 Å². The van der Waals surface area contributed by atoms with Crippen molar-refractivity contribution in [2.45, 2.75) is 33.4 Å². The van der Waals surface area contributed by atoms with Crippen molar-refractivity contribution in [3.05, 3.63) is 57.5 Å². The summed E-state index contributed by atoms with van der Waals surface area (Å²) < 4.78 is 12.3. The molecule has 0 bridgehead atoms. The lowest BCUT2D eigenvalue weighted by molar-refractivity contribution is -0.122. The SMILES string of the molecule is COc1ccc(C(C)NC(=O)Cn2c(C)cc(=O)cc2C)cc1OC. The van der Waals surface area contributed by atoms with Crippen LogP contribution < -0.4 is 20.2 Å². The van der Waals surface area contributed by atoms with Crippen molar-refractivity contribution in [2.75, 3.05) is 14.2 Å². The molecule has 0 aliphatic heterocycles. The summed E-state index contributed by atoms with van der Waals surface area (Å²) in [5.74, 6) is 1.13. The Morgan fingerprint density at radius 2 is 1.68 bits per heavy atom. The standard InChI is InChI=1S/C19H24N2O4/c1-12-8-16(22)9-13(2)21(12)11-19(23)20-14(3)15-6-7-17(24-4)18(10-15)25-5/h6-10,14H,11H2,1-5H3,(H,20,23). The second-order valence-electron chi connectivity index (χ2n) is 5.96. The third-order valence-electron chi connectivity index (χ3n) is 4.14. The largest absolute Gasteiger partial charge is 0.493 e. The smallest absolute Gasteiger partial charge is 0.240 e. The molecule has 0 radical (unpaired) electrons. The maximum atomic E-state index is 12.4. The minimum absolute atomic E-state index is 0.0506. The van der Waals surface area contributed by atoms with Gasteiger partial charge in [-0.15, -0.1) is 0 Å². The van der Waals surface area contributed by atoms with Gasteiger partial charge in [-0.25, -0.2) is 0 Å². The van der Waals surface area contributed by atoms with Crippen molar-refractivity contribution in [2.24, 2.45) is 0 Å². The van der Waals surface area contributed by atoms with E-state index in [1.807, 2.05) is 43.5 Å². The summed E-state index contributed by atoms with van der Waals surface area (Å²) in [5, 5.41) is 2.97. The lowest BCUT2D eigenvalue weighted by atomic mass is 10.1. The Morgan fingerprint density at radius 3 is 2.24 bits per heavy atom. The van der Waals surface area contributed by atoms with E-state index in [0.717, 1.165) is 17.0 Å². The van der Waals surface area contributed by atoms with Crippen LogP contribution in [-0.2, 0) is 11.3 Å². The summed E-state index contributed by atoms with van der Waals surface area (Å²) in [5.41, 5.74) is 2.39. The molecule has 1 atom stereocenters. The Kier molecular flexibility index (Phi) is 5.85. The first-order chi connectivity index (χ1) is 11.8. The second kappa shape index (κ2) is 7.88. The van der Waals surface area contributed by atoms with E-state index in [9.17, 15) is 9.59 Å². The molecule has 25 heavy (non-hydrogen) atoms. The maximum absolute atomic E-state index is 12.4. The van der Waals surface area contributed by atoms with Crippen molar-refractivity contribution in [3.8, 4) is 11.5 Å². The Balaban J connectivity index is 2.12. The molecule has 1 unspecified atom stereocenters. The van der Waals surface area contributed by atoms with Gasteiger partial charge in [0.15, 0.2) is 16.9 Å². The van der Waals surface area contributed by atoms with Crippen molar-refractivity contribution in [3.63, 3.8) is 0 Å². The van der Waals surface area contributed by atoms with Crippen LogP contribution in [0.2, 0.25) is 0 Å². The molecule has 1 N–H and O–H groups in total.